The number of likely N-dealkylation sites (tertiary alicyclic amines) is 1. The number of nitrogens with zero attached hydrogens (tertiary/aromatic N) is 4. The van der Waals surface area contributed by atoms with E-state index in [4.69, 9.17) is 9.47 Å². The summed E-state index contributed by atoms with van der Waals surface area (Å²) in [5, 5.41) is 0. The van der Waals surface area contributed by atoms with Gasteiger partial charge in [-0.1, -0.05) is 12.1 Å². The lowest BCUT2D eigenvalue weighted by molar-refractivity contribution is 0.0704. The van der Waals surface area contributed by atoms with E-state index in [9.17, 15) is 4.79 Å². The number of hydrogen-bond donors (Lipinski definition) is 0. The molecule has 7 heteroatoms. The van der Waals surface area contributed by atoms with E-state index >= 15 is 0 Å². The number of piperidine rings is 1. The van der Waals surface area contributed by atoms with Crippen LogP contribution in [0.2, 0.25) is 0 Å². The topological polar surface area (TPSA) is 77.4 Å². The van der Waals surface area contributed by atoms with Gasteiger partial charge in [-0.3, -0.25) is 14.8 Å². The fraction of sp³-hybridized carbons (Fsp3) is 0.273. The lowest BCUT2D eigenvalue weighted by Gasteiger charge is -2.32. The van der Waals surface area contributed by atoms with Crippen LogP contribution < -0.4 is 9.47 Å². The van der Waals surface area contributed by atoms with Crippen molar-refractivity contribution >= 4 is 5.91 Å². The number of carbonyl (C=O) groups is 1. The Bertz CT molecular complexity index is 981. The van der Waals surface area contributed by atoms with Gasteiger partial charge in [0.2, 0.25) is 5.88 Å². The molecule has 0 aliphatic carbocycles. The van der Waals surface area contributed by atoms with Crippen LogP contribution in [0.25, 0.3) is 0 Å². The number of hydrogen-bond acceptors (Lipinski definition) is 6. The predicted octanol–water partition coefficient (Wildman–Crippen LogP) is 3.69. The maximum Gasteiger partial charge on any atom is 0.253 e. The van der Waals surface area contributed by atoms with Gasteiger partial charge in [-0.25, -0.2) is 4.98 Å². The number of pyridine rings is 1. The number of para-hydroxylation sites is 2. The van der Waals surface area contributed by atoms with Gasteiger partial charge in [-0.05, 0) is 37.1 Å². The van der Waals surface area contributed by atoms with Gasteiger partial charge >= 0.3 is 0 Å². The summed E-state index contributed by atoms with van der Waals surface area (Å²) in [4.78, 5) is 27.6. The van der Waals surface area contributed by atoms with Crippen LogP contribution in [0.3, 0.4) is 0 Å². The van der Waals surface area contributed by atoms with Crippen LogP contribution in [-0.4, -0.2) is 46.0 Å². The Labute approximate surface area is 169 Å². The number of ether oxygens (including phenoxy) is 2. The van der Waals surface area contributed by atoms with Gasteiger partial charge in [-0.15, -0.1) is 0 Å². The molecular weight excluding hydrogens is 368 g/mol. The van der Waals surface area contributed by atoms with E-state index in [1.807, 2.05) is 29.2 Å². The molecule has 1 fully saturated rings. The summed E-state index contributed by atoms with van der Waals surface area (Å²) in [5.74, 6) is 1.71. The number of carbonyl (C=O) groups excluding carboxylic acids is 1. The highest BCUT2D eigenvalue weighted by Gasteiger charge is 2.29. The van der Waals surface area contributed by atoms with Crippen molar-refractivity contribution in [1.29, 1.82) is 0 Å². The van der Waals surface area contributed by atoms with Crippen molar-refractivity contribution in [1.82, 2.24) is 19.9 Å². The van der Waals surface area contributed by atoms with Crippen molar-refractivity contribution in [3.8, 4) is 17.4 Å². The van der Waals surface area contributed by atoms with Crippen molar-refractivity contribution in [3.05, 3.63) is 72.4 Å². The second-order valence-corrected chi connectivity index (χ2v) is 6.83. The van der Waals surface area contributed by atoms with Crippen LogP contribution >= 0.6 is 0 Å². The standard InChI is InChI=1S/C22H22N4O3/c1-28-18-6-2-3-7-19(18)29-21-20(24-12-13-25-21)17-5-4-14-26(15-17)22(27)16-8-10-23-11-9-16/h2-3,6-13,17H,4-5,14-15H2,1H3/t17-/m1/s1. The summed E-state index contributed by atoms with van der Waals surface area (Å²) < 4.78 is 11.4. The van der Waals surface area contributed by atoms with Crippen molar-refractivity contribution in [2.75, 3.05) is 20.2 Å². The molecule has 4 rings (SSSR count). The van der Waals surface area contributed by atoms with Crippen molar-refractivity contribution in [2.24, 2.45) is 0 Å². The molecule has 1 aromatic carbocycles. The highest BCUT2D eigenvalue weighted by atomic mass is 16.5. The first-order chi connectivity index (χ1) is 14.3. The molecule has 148 valence electrons. The minimum absolute atomic E-state index is 0.00758. The molecule has 2 aromatic heterocycles. The van der Waals surface area contributed by atoms with Crippen molar-refractivity contribution < 1.29 is 14.3 Å². The minimum atomic E-state index is 0.00758. The van der Waals surface area contributed by atoms with E-state index in [-0.39, 0.29) is 11.8 Å². The minimum Gasteiger partial charge on any atom is -0.493 e. The molecule has 1 saturated heterocycles. The average Bonchev–Trinajstić information content (AvgIpc) is 2.80. The van der Waals surface area contributed by atoms with Crippen LogP contribution in [0.15, 0.2) is 61.2 Å². The SMILES string of the molecule is COc1ccccc1Oc1nccnc1[C@@H]1CCCN(C(=O)c2ccncc2)C1. The molecule has 0 spiro atoms. The third-order valence-corrected chi connectivity index (χ3v) is 4.99. The molecule has 3 aromatic rings. The maximum absolute atomic E-state index is 12.9. The monoisotopic (exact) mass is 390 g/mol. The Balaban J connectivity index is 1.56. The fourth-order valence-corrected chi connectivity index (χ4v) is 3.56. The molecule has 3 heterocycles. The van der Waals surface area contributed by atoms with Gasteiger partial charge < -0.3 is 14.4 Å². The quantitative estimate of drug-likeness (QED) is 0.661. The summed E-state index contributed by atoms with van der Waals surface area (Å²) in [5.41, 5.74) is 1.40. The van der Waals surface area contributed by atoms with Gasteiger partial charge in [0.1, 0.15) is 5.69 Å². The van der Waals surface area contributed by atoms with Gasteiger partial charge in [0, 0.05) is 49.4 Å². The molecule has 0 radical (unpaired) electrons. The van der Waals surface area contributed by atoms with E-state index in [1.54, 1.807) is 44.0 Å². The molecule has 1 amide bonds. The summed E-state index contributed by atoms with van der Waals surface area (Å²) in [7, 11) is 1.60. The van der Waals surface area contributed by atoms with E-state index in [0.29, 0.717) is 29.5 Å². The maximum atomic E-state index is 12.9. The molecular formula is C22H22N4O3. The molecule has 0 bridgehead atoms. The summed E-state index contributed by atoms with van der Waals surface area (Å²) in [6, 6.07) is 10.9. The zero-order valence-corrected chi connectivity index (χ0v) is 16.2. The van der Waals surface area contributed by atoms with Crippen LogP contribution in [0, 0.1) is 0 Å². The highest BCUT2D eigenvalue weighted by molar-refractivity contribution is 5.94. The van der Waals surface area contributed by atoms with E-state index in [0.717, 1.165) is 25.1 Å². The van der Waals surface area contributed by atoms with Gasteiger partial charge in [0.05, 0.1) is 7.11 Å². The zero-order chi connectivity index (χ0) is 20.1. The van der Waals surface area contributed by atoms with E-state index < -0.39 is 0 Å². The molecule has 1 aliphatic rings. The Hall–Kier alpha value is -3.48. The third kappa shape index (κ3) is 4.18. The lowest BCUT2D eigenvalue weighted by Crippen LogP contribution is -2.39. The largest absolute Gasteiger partial charge is 0.493 e. The Kier molecular flexibility index (Phi) is 5.65. The summed E-state index contributed by atoms with van der Waals surface area (Å²) in [6.07, 6.45) is 8.35. The Morgan fingerprint density at radius 1 is 1.03 bits per heavy atom. The number of benzene rings is 1. The third-order valence-electron chi connectivity index (χ3n) is 4.99. The first kappa shape index (κ1) is 18.9. The van der Waals surface area contributed by atoms with Crippen molar-refractivity contribution in [3.63, 3.8) is 0 Å². The molecule has 1 aliphatic heterocycles. The lowest BCUT2D eigenvalue weighted by atomic mass is 9.94. The smallest absolute Gasteiger partial charge is 0.253 e. The zero-order valence-electron chi connectivity index (χ0n) is 16.2. The summed E-state index contributed by atoms with van der Waals surface area (Å²) in [6.45, 7) is 1.29. The van der Waals surface area contributed by atoms with Crippen LogP contribution in [0.4, 0.5) is 0 Å². The van der Waals surface area contributed by atoms with Crippen LogP contribution in [-0.2, 0) is 0 Å². The van der Waals surface area contributed by atoms with E-state index in [1.165, 1.54) is 0 Å². The molecule has 7 nitrogen and oxygen atoms in total. The average molecular weight is 390 g/mol. The van der Waals surface area contributed by atoms with Crippen molar-refractivity contribution in [2.45, 2.75) is 18.8 Å². The number of aromatic nitrogens is 3. The van der Waals surface area contributed by atoms with E-state index in [2.05, 4.69) is 15.0 Å². The first-order valence-electron chi connectivity index (χ1n) is 9.57. The van der Waals surface area contributed by atoms with Gasteiger partial charge in [0.25, 0.3) is 5.91 Å². The first-order valence-corrected chi connectivity index (χ1v) is 9.57. The molecule has 29 heavy (non-hydrogen) atoms. The van der Waals surface area contributed by atoms with Crippen LogP contribution in [0.5, 0.6) is 17.4 Å². The second kappa shape index (κ2) is 8.68. The highest BCUT2D eigenvalue weighted by Crippen LogP contribution is 2.35. The predicted molar refractivity (Wildman–Crippen MR) is 107 cm³/mol. The molecule has 0 unspecified atom stereocenters. The number of methoxy groups -OCH3 is 1. The molecule has 0 N–H and O–H groups in total. The molecule has 0 saturated carbocycles. The summed E-state index contributed by atoms with van der Waals surface area (Å²) >= 11 is 0. The fourth-order valence-electron chi connectivity index (χ4n) is 3.56. The molecule has 1 atom stereocenters. The Morgan fingerprint density at radius 2 is 1.79 bits per heavy atom. The number of rotatable bonds is 5. The second-order valence-electron chi connectivity index (χ2n) is 6.83. The van der Waals surface area contributed by atoms with Crippen LogP contribution in [0.1, 0.15) is 34.8 Å². The Morgan fingerprint density at radius 3 is 2.59 bits per heavy atom. The van der Waals surface area contributed by atoms with Gasteiger partial charge in [0.15, 0.2) is 11.5 Å². The number of amides is 1. The normalized spacial score (nSPS) is 16.3. The van der Waals surface area contributed by atoms with Gasteiger partial charge in [-0.2, -0.15) is 0 Å².